The molecule has 0 atom stereocenters. The number of nitrogens with zero attached hydrogens (tertiary/aromatic N) is 6. The first-order chi connectivity index (χ1) is 14.0. The fourth-order valence-electron chi connectivity index (χ4n) is 3.32. The van der Waals surface area contributed by atoms with Gasteiger partial charge in [0.25, 0.3) is 5.56 Å². The molecule has 4 rings (SSSR count). The van der Waals surface area contributed by atoms with Crippen molar-refractivity contribution in [3.63, 3.8) is 0 Å². The number of benzene rings is 1. The number of rotatable bonds is 3. The van der Waals surface area contributed by atoms with Gasteiger partial charge < -0.3 is 9.80 Å². The fraction of sp³-hybridized carbons (Fsp3) is 0.263. The predicted molar refractivity (Wildman–Crippen MR) is 106 cm³/mol. The topological polar surface area (TPSA) is 67.2 Å². The van der Waals surface area contributed by atoms with Crippen LogP contribution in [0.4, 0.5) is 20.3 Å². The molecule has 2 aromatic heterocycles. The Balaban J connectivity index is 1.59. The molecule has 0 bridgehead atoms. The molecule has 150 valence electrons. The Hall–Kier alpha value is -3.07. The molecular weight excluding hydrogens is 402 g/mol. The van der Waals surface area contributed by atoms with Crippen molar-refractivity contribution < 1.29 is 8.78 Å². The molecule has 0 spiro atoms. The third kappa shape index (κ3) is 3.91. The lowest BCUT2D eigenvalue weighted by atomic mass is 10.3. The molecule has 0 N–H and O–H groups in total. The summed E-state index contributed by atoms with van der Waals surface area (Å²) < 4.78 is 28.0. The number of hydrogen-bond donors (Lipinski definition) is 0. The highest BCUT2D eigenvalue weighted by molar-refractivity contribution is 6.33. The number of halogens is 3. The first-order valence-corrected chi connectivity index (χ1v) is 9.43. The zero-order valence-electron chi connectivity index (χ0n) is 15.3. The van der Waals surface area contributed by atoms with Gasteiger partial charge in [0, 0.05) is 38.4 Å². The Bertz CT molecular complexity index is 1080. The van der Waals surface area contributed by atoms with Crippen molar-refractivity contribution in [2.24, 2.45) is 0 Å². The van der Waals surface area contributed by atoms with Gasteiger partial charge in [-0.25, -0.2) is 8.78 Å². The second-order valence-corrected chi connectivity index (χ2v) is 6.94. The highest BCUT2D eigenvalue weighted by atomic mass is 35.5. The molecule has 7 nitrogen and oxygen atoms in total. The molecule has 3 aromatic rings. The van der Waals surface area contributed by atoms with Crippen molar-refractivity contribution in [2.45, 2.75) is 6.42 Å². The van der Waals surface area contributed by atoms with Crippen LogP contribution >= 0.6 is 11.6 Å². The molecule has 10 heteroatoms. The second kappa shape index (κ2) is 8.12. The molecule has 29 heavy (non-hydrogen) atoms. The smallest absolute Gasteiger partial charge is 0.292 e. The number of anilines is 2. The molecule has 3 heterocycles. The Kier molecular flexibility index (Phi) is 5.39. The molecule has 0 amide bonds. The summed E-state index contributed by atoms with van der Waals surface area (Å²) in [6.45, 7) is 2.74. The van der Waals surface area contributed by atoms with Crippen LogP contribution in [0.5, 0.6) is 0 Å². The molecule has 0 unspecified atom stereocenters. The van der Waals surface area contributed by atoms with Crippen LogP contribution in [0.3, 0.4) is 0 Å². The molecular formula is C19H17ClF2N6O. The predicted octanol–water partition coefficient (Wildman–Crippen LogP) is 2.67. The third-order valence-electron chi connectivity index (χ3n) is 4.76. The van der Waals surface area contributed by atoms with E-state index in [9.17, 15) is 13.6 Å². The van der Waals surface area contributed by atoms with E-state index in [1.54, 1.807) is 6.20 Å². The molecule has 0 aliphatic carbocycles. The highest BCUT2D eigenvalue weighted by Gasteiger charge is 2.21. The Morgan fingerprint density at radius 2 is 1.79 bits per heavy atom. The summed E-state index contributed by atoms with van der Waals surface area (Å²) in [6, 6.07) is 6.64. The van der Waals surface area contributed by atoms with Gasteiger partial charge in [0.15, 0.2) is 11.6 Å². The minimum absolute atomic E-state index is 0.0586. The van der Waals surface area contributed by atoms with Crippen LogP contribution in [0, 0.1) is 11.6 Å². The lowest BCUT2D eigenvalue weighted by Gasteiger charge is -2.24. The van der Waals surface area contributed by atoms with Gasteiger partial charge in [-0.2, -0.15) is 14.9 Å². The Morgan fingerprint density at radius 1 is 1.00 bits per heavy atom. The highest BCUT2D eigenvalue weighted by Crippen LogP contribution is 2.24. The Labute approximate surface area is 170 Å². The van der Waals surface area contributed by atoms with E-state index >= 15 is 0 Å². The molecule has 1 aliphatic heterocycles. The summed E-state index contributed by atoms with van der Waals surface area (Å²) >= 11 is 6.32. The van der Waals surface area contributed by atoms with Gasteiger partial charge in [-0.3, -0.25) is 4.79 Å². The van der Waals surface area contributed by atoms with E-state index in [4.69, 9.17) is 11.6 Å². The summed E-state index contributed by atoms with van der Waals surface area (Å²) in [5.74, 6) is -0.835. The van der Waals surface area contributed by atoms with Gasteiger partial charge in [-0.1, -0.05) is 11.6 Å². The quantitative estimate of drug-likeness (QED) is 0.651. The van der Waals surface area contributed by atoms with Gasteiger partial charge in [0.05, 0.1) is 11.9 Å². The van der Waals surface area contributed by atoms with E-state index in [0.29, 0.717) is 31.4 Å². The van der Waals surface area contributed by atoms with Gasteiger partial charge in [-0.05, 0) is 30.7 Å². The van der Waals surface area contributed by atoms with Gasteiger partial charge in [-0.15, -0.1) is 5.10 Å². The maximum atomic E-state index is 14.1. The average molecular weight is 419 g/mol. The number of hydrogen-bond acceptors (Lipinski definition) is 6. The van der Waals surface area contributed by atoms with Crippen molar-refractivity contribution in [1.82, 2.24) is 20.0 Å². The van der Waals surface area contributed by atoms with Gasteiger partial charge >= 0.3 is 0 Å². The fourth-order valence-corrected chi connectivity index (χ4v) is 3.57. The number of aromatic nitrogens is 4. The SMILES string of the molecule is O=c1c(Cl)c(N2CCCN(c3cccnn3)CC2)cnn1-c1ccc(F)cc1F. The van der Waals surface area contributed by atoms with E-state index in [2.05, 4.69) is 20.2 Å². The zero-order chi connectivity index (χ0) is 20.4. The maximum Gasteiger partial charge on any atom is 0.292 e. The molecule has 0 saturated carbocycles. The molecule has 1 aliphatic rings. The van der Waals surface area contributed by atoms with Gasteiger partial charge in [0.2, 0.25) is 0 Å². The van der Waals surface area contributed by atoms with Crippen molar-refractivity contribution in [2.75, 3.05) is 36.0 Å². The van der Waals surface area contributed by atoms with Crippen molar-refractivity contribution in [1.29, 1.82) is 0 Å². The molecule has 1 fully saturated rings. The summed E-state index contributed by atoms with van der Waals surface area (Å²) in [4.78, 5) is 16.8. The minimum atomic E-state index is -0.891. The van der Waals surface area contributed by atoms with Crippen LogP contribution in [0.1, 0.15) is 6.42 Å². The van der Waals surface area contributed by atoms with Crippen molar-refractivity contribution in [3.8, 4) is 5.69 Å². The van der Waals surface area contributed by atoms with E-state index in [1.807, 2.05) is 17.0 Å². The van der Waals surface area contributed by atoms with Gasteiger partial charge in [0.1, 0.15) is 16.5 Å². The first kappa shape index (κ1) is 19.3. The third-order valence-corrected chi connectivity index (χ3v) is 5.11. The van der Waals surface area contributed by atoms with Crippen LogP contribution in [0.25, 0.3) is 5.69 Å². The monoisotopic (exact) mass is 418 g/mol. The van der Waals surface area contributed by atoms with Crippen LogP contribution < -0.4 is 15.4 Å². The van der Waals surface area contributed by atoms with E-state index in [1.165, 1.54) is 6.20 Å². The van der Waals surface area contributed by atoms with Crippen LogP contribution in [-0.2, 0) is 0 Å². The standard InChI is InChI=1S/C19H17ClF2N6O/c20-18-16(12-24-28(19(18)29)15-5-4-13(21)11-14(15)22)26-7-2-8-27(10-9-26)17-3-1-6-23-25-17/h1,3-6,11-12H,2,7-10H2. The lowest BCUT2D eigenvalue weighted by molar-refractivity contribution is 0.570. The van der Waals surface area contributed by atoms with Crippen LogP contribution in [0.15, 0.2) is 47.5 Å². The maximum absolute atomic E-state index is 14.1. The molecule has 1 aromatic carbocycles. The molecule has 0 radical (unpaired) electrons. The van der Waals surface area contributed by atoms with E-state index < -0.39 is 17.2 Å². The summed E-state index contributed by atoms with van der Waals surface area (Å²) in [7, 11) is 0. The summed E-state index contributed by atoms with van der Waals surface area (Å²) in [5, 5.41) is 12.1. The Morgan fingerprint density at radius 3 is 2.55 bits per heavy atom. The zero-order valence-corrected chi connectivity index (χ0v) is 16.1. The minimum Gasteiger partial charge on any atom is -0.367 e. The van der Waals surface area contributed by atoms with E-state index in [-0.39, 0.29) is 10.7 Å². The largest absolute Gasteiger partial charge is 0.367 e. The second-order valence-electron chi connectivity index (χ2n) is 6.57. The van der Waals surface area contributed by atoms with Crippen molar-refractivity contribution >= 4 is 23.1 Å². The van der Waals surface area contributed by atoms with E-state index in [0.717, 1.165) is 35.6 Å². The summed E-state index contributed by atoms with van der Waals surface area (Å²) in [5.41, 5.74) is -0.337. The first-order valence-electron chi connectivity index (χ1n) is 9.05. The normalized spacial score (nSPS) is 14.7. The van der Waals surface area contributed by atoms with Crippen LogP contribution in [-0.4, -0.2) is 46.2 Å². The average Bonchev–Trinajstić information content (AvgIpc) is 2.97. The lowest BCUT2D eigenvalue weighted by Crippen LogP contribution is -2.33. The molecule has 1 saturated heterocycles. The van der Waals surface area contributed by atoms with Crippen molar-refractivity contribution in [3.05, 3.63) is 69.7 Å². The summed E-state index contributed by atoms with van der Waals surface area (Å²) in [6.07, 6.45) is 3.88. The van der Waals surface area contributed by atoms with Crippen LogP contribution in [0.2, 0.25) is 5.02 Å².